The number of benzene rings is 4. The molecule has 1 fully saturated rings. The van der Waals surface area contributed by atoms with Gasteiger partial charge in [0.25, 0.3) is 17.4 Å². The van der Waals surface area contributed by atoms with Crippen LogP contribution in [0.1, 0.15) is 111 Å². The van der Waals surface area contributed by atoms with Crippen LogP contribution in [-0.4, -0.2) is 45.4 Å². The first-order chi connectivity index (χ1) is 24.0. The zero-order valence-corrected chi connectivity index (χ0v) is 27.5. The zero-order valence-electron chi connectivity index (χ0n) is 27.5. The molecule has 5 aromatic rings. The van der Waals surface area contributed by atoms with Gasteiger partial charge in [-0.05, 0) is 92.8 Å². The Labute approximate surface area is 285 Å². The van der Waals surface area contributed by atoms with E-state index in [0.717, 1.165) is 36.1 Å². The van der Waals surface area contributed by atoms with Gasteiger partial charge in [0, 0.05) is 39.9 Å². The molecule has 11 nitrogen and oxygen atoms in total. The van der Waals surface area contributed by atoms with Gasteiger partial charge in [-0.25, -0.2) is 9.88 Å². The van der Waals surface area contributed by atoms with Gasteiger partial charge in [0.2, 0.25) is 0 Å². The van der Waals surface area contributed by atoms with Crippen molar-refractivity contribution < 1.29 is 33.4 Å². The number of rotatable bonds is 6. The first-order valence-corrected chi connectivity index (χ1v) is 16.6. The maximum Gasteiger partial charge on any atom is 0.308 e. The number of hydrogen-bond acceptors (Lipinski definition) is 9. The Morgan fingerprint density at radius 2 is 1.44 bits per heavy atom. The fourth-order valence-electron chi connectivity index (χ4n) is 7.57. The quantitative estimate of drug-likeness (QED) is 0.0935. The number of amides is 2. The minimum atomic E-state index is -1.47. The average molecular weight is 670 g/mol. The van der Waals surface area contributed by atoms with E-state index in [1.54, 1.807) is 6.07 Å². The Kier molecular flexibility index (Phi) is 7.25. The van der Waals surface area contributed by atoms with Crippen molar-refractivity contribution >= 4 is 56.7 Å². The molecule has 50 heavy (non-hydrogen) atoms. The number of carbonyl (C=O) groups is 5. The largest absolute Gasteiger partial charge is 0.489 e. The Hall–Kier alpha value is -5.97. The average Bonchev–Trinajstić information content (AvgIpc) is 3.62. The minimum absolute atomic E-state index is 0.110. The number of hydrogen-bond donors (Lipinski definition) is 1. The third-order valence-corrected chi connectivity index (χ3v) is 9.73. The lowest BCUT2D eigenvalue weighted by molar-refractivity contribution is -0.131. The van der Waals surface area contributed by atoms with Crippen LogP contribution < -0.4 is 19.9 Å². The van der Waals surface area contributed by atoms with Gasteiger partial charge in [-0.2, -0.15) is 0 Å². The van der Waals surface area contributed by atoms with E-state index in [1.807, 2.05) is 26.0 Å². The normalized spacial score (nSPS) is 16.3. The third kappa shape index (κ3) is 4.83. The number of carbonyl (C=O) groups excluding carboxylic acids is 5. The van der Waals surface area contributed by atoms with E-state index in [0.29, 0.717) is 17.4 Å². The van der Waals surface area contributed by atoms with E-state index in [-0.39, 0.29) is 61.6 Å². The molecule has 1 aliphatic heterocycles. The van der Waals surface area contributed by atoms with Gasteiger partial charge in [0.1, 0.15) is 23.2 Å². The second-order valence-corrected chi connectivity index (χ2v) is 13.3. The lowest BCUT2D eigenvalue weighted by atomic mass is 9.76. The highest BCUT2D eigenvalue weighted by Gasteiger charge is 2.43. The first-order valence-electron chi connectivity index (χ1n) is 16.6. The molecule has 0 bridgehead atoms. The molecule has 1 aromatic heterocycles. The van der Waals surface area contributed by atoms with Crippen LogP contribution in [0.4, 0.5) is 5.69 Å². The summed E-state index contributed by atoms with van der Waals surface area (Å²) < 4.78 is 11.2. The van der Waals surface area contributed by atoms with E-state index in [4.69, 9.17) is 9.47 Å². The smallest absolute Gasteiger partial charge is 0.308 e. The molecule has 3 aliphatic rings. The number of fused-ring (bicyclic) bond motifs is 1. The van der Waals surface area contributed by atoms with Crippen LogP contribution in [-0.2, 0) is 4.79 Å². The van der Waals surface area contributed by atoms with Crippen molar-refractivity contribution in [2.75, 3.05) is 4.90 Å². The molecule has 1 saturated carbocycles. The second kappa shape index (κ2) is 11.6. The number of nitrogens with zero attached hydrogens (tertiary/aromatic N) is 2. The fourth-order valence-corrected chi connectivity index (χ4v) is 7.57. The number of imide groups is 1. The lowest BCUT2D eigenvalue weighted by Crippen LogP contribution is -2.41. The predicted molar refractivity (Wildman–Crippen MR) is 184 cm³/mol. The monoisotopic (exact) mass is 669 g/mol. The Morgan fingerprint density at radius 1 is 0.820 bits per heavy atom. The van der Waals surface area contributed by atoms with Gasteiger partial charge in [0.15, 0.2) is 11.6 Å². The number of aromatic nitrogens is 2. The number of ether oxygens (including phenoxy) is 2. The molecule has 4 aromatic carbocycles. The predicted octanol–water partition coefficient (Wildman–Crippen LogP) is 6.41. The highest BCUT2D eigenvalue weighted by atomic mass is 16.5. The van der Waals surface area contributed by atoms with Gasteiger partial charge < -0.3 is 14.5 Å². The maximum absolute atomic E-state index is 14.2. The minimum Gasteiger partial charge on any atom is -0.489 e. The fraction of sp³-hybridized carbons (Fsp3) is 0.256. The van der Waals surface area contributed by atoms with Crippen LogP contribution in [0, 0.1) is 0 Å². The highest BCUT2D eigenvalue weighted by Crippen LogP contribution is 2.44. The Bertz CT molecular complexity index is 2350. The van der Waals surface area contributed by atoms with Crippen LogP contribution in [0.25, 0.3) is 21.7 Å². The van der Waals surface area contributed by atoms with Crippen molar-refractivity contribution in [3.05, 3.63) is 105 Å². The molecular formula is C39H31N3O8. The van der Waals surface area contributed by atoms with Crippen LogP contribution in [0.2, 0.25) is 0 Å². The number of nitrogens with one attached hydrogen (secondary N) is 1. The lowest BCUT2D eigenvalue weighted by Gasteiger charge is -2.31. The number of aromatic amines is 1. The molecule has 2 amide bonds. The van der Waals surface area contributed by atoms with E-state index in [2.05, 4.69) is 9.97 Å². The molecular weight excluding hydrogens is 638 g/mol. The van der Waals surface area contributed by atoms with Gasteiger partial charge in [-0.3, -0.25) is 28.8 Å². The molecule has 0 radical (unpaired) electrons. The van der Waals surface area contributed by atoms with Crippen molar-refractivity contribution in [2.24, 2.45) is 0 Å². The number of Topliss-reactive ketones (excluding diaryl/α,β-unsaturated/α-hetero) is 2. The molecule has 0 spiro atoms. The molecule has 250 valence electrons. The van der Waals surface area contributed by atoms with E-state index >= 15 is 0 Å². The van der Waals surface area contributed by atoms with Gasteiger partial charge in [0.05, 0.1) is 22.7 Å². The summed E-state index contributed by atoms with van der Waals surface area (Å²) in [6.45, 7) is 5.00. The summed E-state index contributed by atoms with van der Waals surface area (Å²) in [5.41, 5.74) is 1.64. The number of anilines is 1. The summed E-state index contributed by atoms with van der Waals surface area (Å²) in [6, 6.07) is 15.9. The van der Waals surface area contributed by atoms with Crippen molar-refractivity contribution in [3.63, 3.8) is 0 Å². The van der Waals surface area contributed by atoms with Crippen LogP contribution in [0.15, 0.2) is 65.5 Å². The summed E-state index contributed by atoms with van der Waals surface area (Å²) >= 11 is 0. The number of esters is 1. The van der Waals surface area contributed by atoms with Crippen molar-refractivity contribution in [1.82, 2.24) is 9.97 Å². The SMILES string of the molecule is CC(=O)Oc1ccc2nc(C3C(=O)c4ccc5c6c(ccc(c46)C3=O)C(=O)N(c3ccc(C4CCCC4)cc3OC(C)C)C5=O)[nH]c(=O)c2c1. The summed E-state index contributed by atoms with van der Waals surface area (Å²) in [5.74, 6) is -3.62. The zero-order chi connectivity index (χ0) is 35.0. The van der Waals surface area contributed by atoms with Crippen molar-refractivity contribution in [3.8, 4) is 11.5 Å². The molecule has 8 rings (SSSR count). The Balaban J connectivity index is 1.20. The van der Waals surface area contributed by atoms with E-state index < -0.39 is 40.8 Å². The van der Waals surface area contributed by atoms with Gasteiger partial charge >= 0.3 is 5.97 Å². The topological polar surface area (TPSA) is 153 Å². The number of H-pyrrole nitrogens is 1. The number of ketones is 2. The van der Waals surface area contributed by atoms with Crippen LogP contribution >= 0.6 is 0 Å². The van der Waals surface area contributed by atoms with Gasteiger partial charge in [-0.1, -0.05) is 18.9 Å². The first kappa shape index (κ1) is 31.3. The molecule has 0 unspecified atom stereocenters. The third-order valence-electron chi connectivity index (χ3n) is 9.73. The highest BCUT2D eigenvalue weighted by molar-refractivity contribution is 6.40. The standard InChI is InChI=1S/C39H31N3O8/c1-18(2)49-30-16-21(20-6-4-5-7-20)8-15-29(30)42-38(47)25-12-10-23-31-24(11-13-26(32(25)31)39(42)48)35(45)33(34(23)44)36-40-28-14-9-22(50-19(3)43)17-27(28)37(46)41-36/h8-18,20,33H,4-7H2,1-3H3,(H,40,41,46). The van der Waals surface area contributed by atoms with Crippen molar-refractivity contribution in [2.45, 2.75) is 64.4 Å². The Morgan fingerprint density at radius 3 is 2.06 bits per heavy atom. The summed E-state index contributed by atoms with van der Waals surface area (Å²) in [6.07, 6.45) is 4.25. The molecule has 2 heterocycles. The molecule has 1 N–H and O–H groups in total. The second-order valence-electron chi connectivity index (χ2n) is 13.3. The summed E-state index contributed by atoms with van der Waals surface area (Å²) in [5, 5.41) is 0.564. The molecule has 11 heteroatoms. The molecule has 0 atom stereocenters. The van der Waals surface area contributed by atoms with Crippen LogP contribution in [0.3, 0.4) is 0 Å². The molecule has 0 saturated heterocycles. The van der Waals surface area contributed by atoms with E-state index in [9.17, 15) is 28.8 Å². The van der Waals surface area contributed by atoms with E-state index in [1.165, 1.54) is 49.4 Å². The maximum atomic E-state index is 14.2. The summed E-state index contributed by atoms with van der Waals surface area (Å²) in [7, 11) is 0. The van der Waals surface area contributed by atoms with Crippen molar-refractivity contribution in [1.29, 1.82) is 0 Å². The van der Waals surface area contributed by atoms with Crippen LogP contribution in [0.5, 0.6) is 11.5 Å². The summed E-state index contributed by atoms with van der Waals surface area (Å²) in [4.78, 5) is 89.2. The van der Waals surface area contributed by atoms with Gasteiger partial charge in [-0.15, -0.1) is 0 Å². The molecule has 2 aliphatic carbocycles.